The molecule has 1 aromatic carbocycles. The van der Waals surface area contributed by atoms with E-state index in [-0.39, 0.29) is 18.2 Å². The molecule has 0 fully saturated rings. The third kappa shape index (κ3) is 2.73. The van der Waals surface area contributed by atoms with Crippen LogP contribution in [0.25, 0.3) is 0 Å². The van der Waals surface area contributed by atoms with Gasteiger partial charge in [0.25, 0.3) is 0 Å². The summed E-state index contributed by atoms with van der Waals surface area (Å²) in [5.41, 5.74) is 2.26. The number of benzene rings is 1. The summed E-state index contributed by atoms with van der Waals surface area (Å²) in [7, 11) is 2.82. The Kier molecular flexibility index (Phi) is 3.50. The molecule has 6 heteroatoms. The largest absolute Gasteiger partial charge is 0.469 e. The Morgan fingerprint density at radius 1 is 1.42 bits per heavy atom. The van der Waals surface area contributed by atoms with E-state index in [2.05, 4.69) is 10.1 Å². The Labute approximate surface area is 110 Å². The maximum Gasteiger partial charge on any atom is 0.315 e. The maximum absolute atomic E-state index is 11.8. The van der Waals surface area contributed by atoms with Gasteiger partial charge in [-0.2, -0.15) is 0 Å². The van der Waals surface area contributed by atoms with Gasteiger partial charge in [-0.3, -0.25) is 14.4 Å². The number of carbonyl (C=O) groups is 3. The molecule has 1 aromatic rings. The number of hydrogen-bond acceptors (Lipinski definition) is 4. The summed E-state index contributed by atoms with van der Waals surface area (Å²) in [6.45, 7) is 0. The molecule has 0 bridgehead atoms. The molecule has 1 aliphatic heterocycles. The number of esters is 1. The molecule has 6 nitrogen and oxygen atoms in total. The van der Waals surface area contributed by atoms with E-state index in [1.54, 1.807) is 25.2 Å². The minimum Gasteiger partial charge on any atom is -0.469 e. The van der Waals surface area contributed by atoms with Gasteiger partial charge in [0, 0.05) is 18.4 Å². The van der Waals surface area contributed by atoms with E-state index in [0.29, 0.717) is 12.1 Å². The Morgan fingerprint density at radius 3 is 2.84 bits per heavy atom. The minimum absolute atomic E-state index is 0.0595. The highest BCUT2D eigenvalue weighted by atomic mass is 16.5. The highest BCUT2D eigenvalue weighted by molar-refractivity contribution is 6.04. The van der Waals surface area contributed by atoms with Crippen LogP contribution in [0.1, 0.15) is 12.0 Å². The SMILES string of the molecule is COC(=O)CC(=O)N(C)c1ccc2c(c1)CC(=O)N2. The van der Waals surface area contributed by atoms with E-state index in [4.69, 9.17) is 0 Å². The van der Waals surface area contributed by atoms with Crippen LogP contribution >= 0.6 is 0 Å². The van der Waals surface area contributed by atoms with Gasteiger partial charge in [-0.05, 0) is 23.8 Å². The first-order valence-electron chi connectivity index (χ1n) is 5.77. The van der Waals surface area contributed by atoms with Gasteiger partial charge in [0.15, 0.2) is 0 Å². The third-order valence-electron chi connectivity index (χ3n) is 3.00. The van der Waals surface area contributed by atoms with Crippen LogP contribution < -0.4 is 10.2 Å². The van der Waals surface area contributed by atoms with Gasteiger partial charge in [-0.15, -0.1) is 0 Å². The first-order valence-corrected chi connectivity index (χ1v) is 5.77. The molecular formula is C13H14N2O4. The number of methoxy groups -OCH3 is 1. The van der Waals surface area contributed by atoms with Crippen molar-refractivity contribution >= 4 is 29.2 Å². The number of carbonyl (C=O) groups excluding carboxylic acids is 3. The summed E-state index contributed by atoms with van der Waals surface area (Å²) < 4.78 is 4.45. The zero-order chi connectivity index (χ0) is 14.0. The Balaban J connectivity index is 2.14. The standard InChI is InChI=1S/C13H14N2O4/c1-15(12(17)7-13(18)19-2)9-3-4-10-8(5-9)6-11(16)14-10/h3-5H,6-7H2,1-2H3,(H,14,16). The monoisotopic (exact) mass is 262 g/mol. The predicted molar refractivity (Wildman–Crippen MR) is 68.8 cm³/mol. The van der Waals surface area contributed by atoms with Gasteiger partial charge in [0.2, 0.25) is 11.8 Å². The van der Waals surface area contributed by atoms with E-state index in [1.165, 1.54) is 12.0 Å². The Hall–Kier alpha value is -2.37. The number of amides is 2. The van der Waals surface area contributed by atoms with Gasteiger partial charge in [0.05, 0.1) is 13.5 Å². The lowest BCUT2D eigenvalue weighted by molar-refractivity contribution is -0.143. The summed E-state index contributed by atoms with van der Waals surface area (Å²) >= 11 is 0. The molecule has 0 saturated carbocycles. The van der Waals surface area contributed by atoms with Gasteiger partial charge < -0.3 is 15.0 Å². The summed E-state index contributed by atoms with van der Waals surface area (Å²) in [4.78, 5) is 35.5. The van der Waals surface area contributed by atoms with Crippen molar-refractivity contribution in [3.63, 3.8) is 0 Å². The number of ether oxygens (including phenoxy) is 1. The van der Waals surface area contributed by atoms with Crippen LogP contribution in [0.2, 0.25) is 0 Å². The van der Waals surface area contributed by atoms with E-state index >= 15 is 0 Å². The van der Waals surface area contributed by atoms with Gasteiger partial charge >= 0.3 is 5.97 Å². The zero-order valence-corrected chi connectivity index (χ0v) is 10.7. The minimum atomic E-state index is -0.574. The maximum atomic E-state index is 11.8. The molecule has 0 spiro atoms. The molecule has 1 heterocycles. The first kappa shape index (κ1) is 13.1. The van der Waals surface area contributed by atoms with Gasteiger partial charge in [0.1, 0.15) is 6.42 Å². The van der Waals surface area contributed by atoms with Crippen LogP contribution in [0.5, 0.6) is 0 Å². The van der Waals surface area contributed by atoms with Crippen molar-refractivity contribution < 1.29 is 19.1 Å². The van der Waals surface area contributed by atoms with Crippen molar-refractivity contribution in [1.29, 1.82) is 0 Å². The molecule has 2 rings (SSSR count). The van der Waals surface area contributed by atoms with E-state index < -0.39 is 5.97 Å². The zero-order valence-electron chi connectivity index (χ0n) is 10.7. The Morgan fingerprint density at radius 2 is 2.16 bits per heavy atom. The summed E-state index contributed by atoms with van der Waals surface area (Å²) in [6, 6.07) is 5.24. The molecule has 0 aliphatic carbocycles. The number of rotatable bonds is 3. The second-order valence-corrected chi connectivity index (χ2v) is 4.27. The van der Waals surface area contributed by atoms with Crippen LogP contribution in [0.15, 0.2) is 18.2 Å². The number of nitrogens with one attached hydrogen (secondary N) is 1. The molecular weight excluding hydrogens is 248 g/mol. The topological polar surface area (TPSA) is 75.7 Å². The fraction of sp³-hybridized carbons (Fsp3) is 0.308. The van der Waals surface area contributed by atoms with Crippen molar-refractivity contribution in [2.45, 2.75) is 12.8 Å². The van der Waals surface area contributed by atoms with Gasteiger partial charge in [-0.1, -0.05) is 0 Å². The third-order valence-corrected chi connectivity index (χ3v) is 3.00. The molecule has 19 heavy (non-hydrogen) atoms. The van der Waals surface area contributed by atoms with Crippen LogP contribution in [0, 0.1) is 0 Å². The first-order chi connectivity index (χ1) is 9.01. The lowest BCUT2D eigenvalue weighted by Crippen LogP contribution is -2.28. The molecule has 2 amide bonds. The molecule has 0 saturated heterocycles. The number of nitrogens with zero attached hydrogens (tertiary/aromatic N) is 1. The fourth-order valence-electron chi connectivity index (χ4n) is 1.88. The van der Waals surface area contributed by atoms with Crippen LogP contribution in [0.3, 0.4) is 0 Å². The highest BCUT2D eigenvalue weighted by Gasteiger charge is 2.20. The summed E-state index contributed by atoms with van der Waals surface area (Å²) in [5, 5.41) is 2.72. The highest BCUT2D eigenvalue weighted by Crippen LogP contribution is 2.27. The second kappa shape index (κ2) is 5.09. The average Bonchev–Trinajstić information content (AvgIpc) is 2.76. The number of hydrogen-bond donors (Lipinski definition) is 1. The molecule has 1 aliphatic rings. The Bertz CT molecular complexity index is 554. The molecule has 100 valence electrons. The summed E-state index contributed by atoms with van der Waals surface area (Å²) in [6.07, 6.45) is 0.00344. The van der Waals surface area contributed by atoms with Gasteiger partial charge in [-0.25, -0.2) is 0 Å². The van der Waals surface area contributed by atoms with E-state index in [1.807, 2.05) is 0 Å². The van der Waals surface area contributed by atoms with Crippen LogP contribution in [-0.4, -0.2) is 31.9 Å². The van der Waals surface area contributed by atoms with E-state index in [9.17, 15) is 14.4 Å². The molecule has 1 N–H and O–H groups in total. The van der Waals surface area contributed by atoms with Crippen molar-refractivity contribution in [3.05, 3.63) is 23.8 Å². The van der Waals surface area contributed by atoms with Crippen LogP contribution in [0.4, 0.5) is 11.4 Å². The number of anilines is 2. The lowest BCUT2D eigenvalue weighted by atomic mass is 10.1. The molecule has 0 aromatic heterocycles. The fourth-order valence-corrected chi connectivity index (χ4v) is 1.88. The molecule has 0 radical (unpaired) electrons. The van der Waals surface area contributed by atoms with Crippen molar-refractivity contribution in [1.82, 2.24) is 0 Å². The lowest BCUT2D eigenvalue weighted by Gasteiger charge is -2.17. The average molecular weight is 262 g/mol. The van der Waals surface area contributed by atoms with E-state index in [0.717, 1.165) is 11.3 Å². The summed E-state index contributed by atoms with van der Waals surface area (Å²) in [5.74, 6) is -0.991. The molecule has 0 unspecified atom stereocenters. The molecule has 0 atom stereocenters. The van der Waals surface area contributed by atoms with Crippen molar-refractivity contribution in [2.24, 2.45) is 0 Å². The van der Waals surface area contributed by atoms with Crippen LogP contribution in [-0.2, 0) is 25.5 Å². The van der Waals surface area contributed by atoms with Crippen molar-refractivity contribution in [3.8, 4) is 0 Å². The second-order valence-electron chi connectivity index (χ2n) is 4.27. The smallest absolute Gasteiger partial charge is 0.315 e. The number of fused-ring (bicyclic) bond motifs is 1. The predicted octanol–water partition coefficient (Wildman–Crippen LogP) is 0.707. The quantitative estimate of drug-likeness (QED) is 0.643. The normalized spacial score (nSPS) is 12.6. The van der Waals surface area contributed by atoms with Crippen molar-refractivity contribution in [2.75, 3.05) is 24.4 Å².